The van der Waals surface area contributed by atoms with Crippen LogP contribution in [0.5, 0.6) is 0 Å². The second-order valence-electron chi connectivity index (χ2n) is 5.12. The minimum absolute atomic E-state index is 0.0546. The fourth-order valence-corrected chi connectivity index (χ4v) is 2.50. The second-order valence-corrected chi connectivity index (χ2v) is 6.68. The number of benzene rings is 1. The van der Waals surface area contributed by atoms with Crippen LogP contribution in [0.4, 0.5) is 0 Å². The summed E-state index contributed by atoms with van der Waals surface area (Å²) >= 11 is 0. The van der Waals surface area contributed by atoms with Crippen molar-refractivity contribution in [2.24, 2.45) is 16.8 Å². The molecule has 1 amide bonds. The monoisotopic (exact) mass is 313 g/mol. The van der Waals surface area contributed by atoms with Crippen LogP contribution in [0.1, 0.15) is 38.3 Å². The molecule has 2 atom stereocenters. The maximum atomic E-state index is 11.9. The highest BCUT2D eigenvalue weighted by molar-refractivity contribution is 7.89. The quantitative estimate of drug-likeness (QED) is 0.693. The number of rotatable bonds is 7. The van der Waals surface area contributed by atoms with E-state index >= 15 is 0 Å². The lowest BCUT2D eigenvalue weighted by atomic mass is 10.0. The Labute approximate surface area is 126 Å². The molecular formula is C14H23N3O3S. The molecule has 0 aliphatic carbocycles. The Morgan fingerprint density at radius 2 is 1.86 bits per heavy atom. The third kappa shape index (κ3) is 5.45. The van der Waals surface area contributed by atoms with E-state index in [1.54, 1.807) is 12.1 Å². The van der Waals surface area contributed by atoms with Gasteiger partial charge >= 0.3 is 0 Å². The molecule has 118 valence electrons. The normalized spacial score (nSPS) is 14.5. The molecule has 0 bridgehead atoms. The molecule has 0 aliphatic rings. The molecule has 0 heterocycles. The first-order valence-corrected chi connectivity index (χ1v) is 8.44. The Morgan fingerprint density at radius 3 is 2.29 bits per heavy atom. The molecule has 0 aliphatic heterocycles. The van der Waals surface area contributed by atoms with Gasteiger partial charge in [-0.05, 0) is 37.1 Å². The van der Waals surface area contributed by atoms with E-state index in [1.165, 1.54) is 12.1 Å². The molecular weight excluding hydrogens is 290 g/mol. The molecule has 7 heteroatoms. The van der Waals surface area contributed by atoms with Crippen molar-refractivity contribution in [1.82, 2.24) is 5.32 Å². The third-order valence-corrected chi connectivity index (χ3v) is 4.40. The van der Waals surface area contributed by atoms with Gasteiger partial charge in [-0.15, -0.1) is 0 Å². The first-order chi connectivity index (χ1) is 9.77. The lowest BCUT2D eigenvalue weighted by molar-refractivity contribution is -0.122. The highest BCUT2D eigenvalue weighted by Gasteiger charge is 2.14. The topological polar surface area (TPSA) is 115 Å². The number of nitrogens with two attached hydrogens (primary N) is 2. The van der Waals surface area contributed by atoms with Crippen LogP contribution in [0.2, 0.25) is 0 Å². The van der Waals surface area contributed by atoms with Crippen molar-refractivity contribution in [3.05, 3.63) is 29.8 Å². The van der Waals surface area contributed by atoms with E-state index < -0.39 is 10.0 Å². The van der Waals surface area contributed by atoms with Crippen LogP contribution in [0.15, 0.2) is 29.2 Å². The molecule has 0 fully saturated rings. The van der Waals surface area contributed by atoms with E-state index in [0.717, 1.165) is 12.0 Å². The van der Waals surface area contributed by atoms with Gasteiger partial charge in [0, 0.05) is 6.42 Å². The highest BCUT2D eigenvalue weighted by atomic mass is 32.2. The molecule has 2 unspecified atom stereocenters. The molecule has 21 heavy (non-hydrogen) atoms. The van der Waals surface area contributed by atoms with Crippen molar-refractivity contribution < 1.29 is 13.2 Å². The van der Waals surface area contributed by atoms with Crippen LogP contribution in [0.25, 0.3) is 0 Å². The summed E-state index contributed by atoms with van der Waals surface area (Å²) < 4.78 is 22.4. The maximum Gasteiger partial charge on any atom is 0.238 e. The van der Waals surface area contributed by atoms with Gasteiger partial charge in [-0.2, -0.15) is 0 Å². The zero-order valence-corrected chi connectivity index (χ0v) is 13.2. The van der Waals surface area contributed by atoms with Crippen molar-refractivity contribution in [3.63, 3.8) is 0 Å². The Bertz CT molecular complexity index is 566. The molecule has 1 aromatic rings. The summed E-state index contributed by atoms with van der Waals surface area (Å²) in [6, 6.07) is 5.95. The minimum Gasteiger partial charge on any atom is -0.350 e. The molecule has 5 N–H and O–H groups in total. The van der Waals surface area contributed by atoms with Crippen LogP contribution < -0.4 is 16.2 Å². The Hall–Kier alpha value is -1.44. The zero-order chi connectivity index (χ0) is 16.0. The lowest BCUT2D eigenvalue weighted by Gasteiger charge is -2.17. The first kappa shape index (κ1) is 17.6. The fourth-order valence-electron chi connectivity index (χ4n) is 1.99. The van der Waals surface area contributed by atoms with Gasteiger partial charge in [0.1, 0.15) is 0 Å². The van der Waals surface area contributed by atoms with Crippen LogP contribution in [-0.4, -0.2) is 20.9 Å². The van der Waals surface area contributed by atoms with E-state index in [-0.39, 0.29) is 22.8 Å². The average Bonchev–Trinajstić information content (AvgIpc) is 2.43. The van der Waals surface area contributed by atoms with Gasteiger partial charge in [0.05, 0.1) is 10.9 Å². The predicted molar refractivity (Wildman–Crippen MR) is 81.8 cm³/mol. The number of amides is 1. The molecule has 1 rings (SSSR count). The van der Waals surface area contributed by atoms with Gasteiger partial charge in [0.25, 0.3) is 0 Å². The summed E-state index contributed by atoms with van der Waals surface area (Å²) in [4.78, 5) is 12.0. The molecule has 0 radical (unpaired) electrons. The van der Waals surface area contributed by atoms with Crippen molar-refractivity contribution in [2.45, 2.75) is 37.6 Å². The number of hydrogen-bond donors (Lipinski definition) is 3. The summed E-state index contributed by atoms with van der Waals surface area (Å²) in [6.07, 6.45) is 1.26. The van der Waals surface area contributed by atoms with Crippen LogP contribution in [-0.2, 0) is 14.8 Å². The number of primary sulfonamides is 1. The van der Waals surface area contributed by atoms with E-state index in [9.17, 15) is 13.2 Å². The van der Waals surface area contributed by atoms with Crippen molar-refractivity contribution in [3.8, 4) is 0 Å². The van der Waals surface area contributed by atoms with E-state index in [4.69, 9.17) is 10.9 Å². The number of nitrogens with one attached hydrogen (secondary N) is 1. The van der Waals surface area contributed by atoms with Gasteiger partial charge in [-0.25, -0.2) is 13.6 Å². The van der Waals surface area contributed by atoms with Crippen LogP contribution in [0, 0.1) is 5.92 Å². The highest BCUT2D eigenvalue weighted by Crippen LogP contribution is 2.16. The van der Waals surface area contributed by atoms with Gasteiger partial charge in [0.15, 0.2) is 0 Å². The Kier molecular flexibility index (Phi) is 6.32. The molecule has 0 aromatic heterocycles. The standard InChI is InChI=1S/C14H23N3O3S/c1-3-11(9-15)8-14(18)17-10(2)12-4-6-13(7-5-12)21(16,19)20/h4-7,10-11H,3,8-9,15H2,1-2H3,(H,17,18)(H2,16,19,20). The molecule has 0 spiro atoms. The summed E-state index contributed by atoms with van der Waals surface area (Å²) in [7, 11) is -3.69. The predicted octanol–water partition coefficient (Wildman–Crippen LogP) is 0.886. The van der Waals surface area contributed by atoms with Crippen molar-refractivity contribution in [2.75, 3.05) is 6.54 Å². The number of sulfonamides is 1. The smallest absolute Gasteiger partial charge is 0.238 e. The van der Waals surface area contributed by atoms with Crippen molar-refractivity contribution >= 4 is 15.9 Å². The number of carbonyl (C=O) groups excluding carboxylic acids is 1. The average molecular weight is 313 g/mol. The Morgan fingerprint density at radius 1 is 1.29 bits per heavy atom. The summed E-state index contributed by atoms with van der Waals surface area (Å²) in [6.45, 7) is 4.33. The van der Waals surface area contributed by atoms with Crippen molar-refractivity contribution in [1.29, 1.82) is 0 Å². The van der Waals surface area contributed by atoms with E-state index in [2.05, 4.69) is 5.32 Å². The third-order valence-electron chi connectivity index (χ3n) is 3.47. The van der Waals surface area contributed by atoms with E-state index in [0.29, 0.717) is 13.0 Å². The second kappa shape index (κ2) is 7.53. The summed E-state index contributed by atoms with van der Waals surface area (Å²) in [5.74, 6) is 0.122. The fraction of sp³-hybridized carbons (Fsp3) is 0.500. The first-order valence-electron chi connectivity index (χ1n) is 6.90. The zero-order valence-electron chi connectivity index (χ0n) is 12.4. The van der Waals surface area contributed by atoms with E-state index in [1.807, 2.05) is 13.8 Å². The number of carbonyl (C=O) groups is 1. The summed E-state index contributed by atoms with van der Waals surface area (Å²) in [5.41, 5.74) is 6.40. The van der Waals surface area contributed by atoms with Crippen LogP contribution in [0.3, 0.4) is 0 Å². The van der Waals surface area contributed by atoms with Crippen LogP contribution >= 0.6 is 0 Å². The van der Waals surface area contributed by atoms with Gasteiger partial charge in [0.2, 0.25) is 15.9 Å². The maximum absolute atomic E-state index is 11.9. The SMILES string of the molecule is CCC(CN)CC(=O)NC(C)c1ccc(S(N)(=O)=O)cc1. The van der Waals surface area contributed by atoms with Gasteiger partial charge < -0.3 is 11.1 Å². The van der Waals surface area contributed by atoms with Gasteiger partial charge in [-0.1, -0.05) is 25.5 Å². The molecule has 0 saturated heterocycles. The minimum atomic E-state index is -3.69. The number of hydrogen-bond acceptors (Lipinski definition) is 4. The van der Waals surface area contributed by atoms with Gasteiger partial charge in [-0.3, -0.25) is 4.79 Å². The lowest BCUT2D eigenvalue weighted by Crippen LogP contribution is -2.30. The Balaban J connectivity index is 2.67. The summed E-state index contributed by atoms with van der Waals surface area (Å²) in [5, 5.41) is 7.92. The molecule has 6 nitrogen and oxygen atoms in total. The molecule has 0 saturated carbocycles. The largest absolute Gasteiger partial charge is 0.350 e. The molecule has 1 aromatic carbocycles.